The number of hydrogen-bond donors (Lipinski definition) is 5. The number of benzene rings is 2. The number of carboxylic acids is 1. The highest BCUT2D eigenvalue weighted by atomic mass is 16.5. The second-order valence-corrected chi connectivity index (χ2v) is 15.0. The van der Waals surface area contributed by atoms with Gasteiger partial charge in [0, 0.05) is 57.3 Å². The van der Waals surface area contributed by atoms with E-state index in [1.807, 2.05) is 72.2 Å². The third-order valence-electron chi connectivity index (χ3n) is 10.2. The van der Waals surface area contributed by atoms with E-state index in [2.05, 4.69) is 35.0 Å². The SMILES string of the molecule is COCCOCCNCCCCC(C(=O)N1C2CC1CN(CC(=O)O)C2)N(C=O)C(C)C[C@H](C)NC(=O)C(Cc1ccccc1)NC(=O)CN.Cc1ccccc1. The molecule has 4 amide bonds. The number of nitrogens with two attached hydrogens (primary N) is 1. The first-order valence-corrected chi connectivity index (χ1v) is 20.1. The molecule has 2 aromatic rings. The monoisotopic (exact) mass is 795 g/mol. The van der Waals surface area contributed by atoms with Crippen LogP contribution in [0.4, 0.5) is 0 Å². The van der Waals surface area contributed by atoms with Crippen molar-refractivity contribution in [1.82, 2.24) is 30.7 Å². The summed E-state index contributed by atoms with van der Waals surface area (Å²) >= 11 is 0. The van der Waals surface area contributed by atoms with E-state index in [1.54, 1.807) is 12.0 Å². The molecule has 2 aliphatic heterocycles. The molecule has 0 radical (unpaired) electrons. The van der Waals surface area contributed by atoms with E-state index in [-0.39, 0.29) is 49.5 Å². The van der Waals surface area contributed by atoms with Gasteiger partial charge in [-0.1, -0.05) is 66.2 Å². The molecular weight excluding hydrogens is 731 g/mol. The summed E-state index contributed by atoms with van der Waals surface area (Å²) in [5.41, 5.74) is 7.71. The maximum absolute atomic E-state index is 14.1. The van der Waals surface area contributed by atoms with Gasteiger partial charge in [0.25, 0.3) is 0 Å². The number of rotatable bonds is 25. The van der Waals surface area contributed by atoms with Crippen molar-refractivity contribution in [1.29, 1.82) is 0 Å². The average Bonchev–Trinajstić information content (AvgIpc) is 3.18. The van der Waals surface area contributed by atoms with E-state index in [9.17, 15) is 29.1 Å². The van der Waals surface area contributed by atoms with Crippen LogP contribution < -0.4 is 21.7 Å². The van der Waals surface area contributed by atoms with E-state index in [1.165, 1.54) is 5.56 Å². The lowest BCUT2D eigenvalue weighted by molar-refractivity contribution is -0.164. The Balaban J connectivity index is 0.00000112. The Kier molecular flexibility index (Phi) is 21.2. The quantitative estimate of drug-likeness (QED) is 0.0724. The predicted octanol–water partition coefficient (Wildman–Crippen LogP) is 1.57. The molecule has 316 valence electrons. The number of aryl methyl sites for hydroxylation is 1. The zero-order chi connectivity index (χ0) is 41.6. The van der Waals surface area contributed by atoms with Crippen molar-refractivity contribution in [2.75, 3.05) is 66.2 Å². The lowest BCUT2D eigenvalue weighted by Gasteiger charge is -2.57. The molecule has 57 heavy (non-hydrogen) atoms. The summed E-state index contributed by atoms with van der Waals surface area (Å²) in [7, 11) is 1.63. The van der Waals surface area contributed by atoms with Gasteiger partial charge >= 0.3 is 5.97 Å². The Morgan fingerprint density at radius 1 is 0.947 bits per heavy atom. The van der Waals surface area contributed by atoms with Gasteiger partial charge in [0.05, 0.1) is 32.9 Å². The normalized spacial score (nSPS) is 18.1. The van der Waals surface area contributed by atoms with Crippen molar-refractivity contribution >= 4 is 30.1 Å². The number of methoxy groups -OCH3 is 1. The molecule has 2 aromatic carbocycles. The number of unbranched alkanes of at least 4 members (excludes halogenated alkanes) is 1. The zero-order valence-corrected chi connectivity index (χ0v) is 34.1. The number of likely N-dealkylation sites (tertiary alicyclic amines) is 2. The Hall–Kier alpha value is -4.41. The molecule has 2 aliphatic rings. The van der Waals surface area contributed by atoms with E-state index in [0.29, 0.717) is 58.7 Å². The van der Waals surface area contributed by atoms with Crippen molar-refractivity contribution in [3.63, 3.8) is 0 Å². The summed E-state index contributed by atoms with van der Waals surface area (Å²) in [5.74, 6) is -1.82. The van der Waals surface area contributed by atoms with Crippen molar-refractivity contribution < 1.29 is 38.6 Å². The first-order chi connectivity index (χ1) is 27.5. The number of carboxylic acid groups (broad SMARTS) is 1. The first-order valence-electron chi connectivity index (χ1n) is 20.1. The fraction of sp³-hybridized carbons (Fsp3) is 0.595. The molecule has 6 N–H and O–H groups in total. The molecule has 0 aliphatic carbocycles. The third-order valence-corrected chi connectivity index (χ3v) is 10.2. The summed E-state index contributed by atoms with van der Waals surface area (Å²) < 4.78 is 10.5. The van der Waals surface area contributed by atoms with Crippen LogP contribution in [0.25, 0.3) is 0 Å². The number of nitrogens with zero attached hydrogens (tertiary/aromatic N) is 3. The van der Waals surface area contributed by atoms with Crippen LogP contribution >= 0.6 is 0 Å². The lowest BCUT2D eigenvalue weighted by Crippen LogP contribution is -2.72. The number of piperidine rings is 1. The fourth-order valence-corrected chi connectivity index (χ4v) is 7.42. The molecule has 15 heteroatoms. The molecule has 0 aromatic heterocycles. The van der Waals surface area contributed by atoms with Crippen LogP contribution in [-0.4, -0.2) is 152 Å². The predicted molar refractivity (Wildman–Crippen MR) is 218 cm³/mol. The topological polar surface area (TPSA) is 196 Å². The number of piperazine rings is 1. The van der Waals surface area contributed by atoms with Gasteiger partial charge < -0.3 is 46.1 Å². The zero-order valence-electron chi connectivity index (χ0n) is 34.1. The number of fused-ring (bicyclic) bond motifs is 2. The highest BCUT2D eigenvalue weighted by molar-refractivity contribution is 5.88. The van der Waals surface area contributed by atoms with Crippen LogP contribution in [0.1, 0.15) is 57.1 Å². The number of nitrogens with one attached hydrogen (secondary N) is 3. The Morgan fingerprint density at radius 3 is 2.19 bits per heavy atom. The Bertz CT molecular complexity index is 1490. The van der Waals surface area contributed by atoms with Crippen LogP contribution in [0.3, 0.4) is 0 Å². The second kappa shape index (κ2) is 25.8. The highest BCUT2D eigenvalue weighted by Crippen LogP contribution is 2.34. The van der Waals surface area contributed by atoms with Gasteiger partial charge in [-0.3, -0.25) is 28.9 Å². The summed E-state index contributed by atoms with van der Waals surface area (Å²) in [5, 5.41) is 18.3. The minimum Gasteiger partial charge on any atom is -0.480 e. The van der Waals surface area contributed by atoms with E-state index >= 15 is 0 Å². The van der Waals surface area contributed by atoms with Gasteiger partial charge in [0.1, 0.15) is 12.1 Å². The van der Waals surface area contributed by atoms with Crippen LogP contribution in [0, 0.1) is 6.92 Å². The molecule has 0 spiro atoms. The number of carbonyl (C=O) groups excluding carboxylic acids is 4. The van der Waals surface area contributed by atoms with Crippen LogP contribution in [0.5, 0.6) is 0 Å². The molecule has 2 fully saturated rings. The van der Waals surface area contributed by atoms with Crippen molar-refractivity contribution in [2.45, 2.75) is 95.5 Å². The van der Waals surface area contributed by atoms with Crippen LogP contribution in [0.15, 0.2) is 60.7 Å². The van der Waals surface area contributed by atoms with Gasteiger partial charge in [-0.2, -0.15) is 0 Å². The minimum atomic E-state index is -0.896. The number of hydrogen-bond acceptors (Lipinski definition) is 10. The highest BCUT2D eigenvalue weighted by Gasteiger charge is 2.49. The Labute approximate surface area is 338 Å². The number of carbonyl (C=O) groups is 5. The molecule has 2 saturated heterocycles. The maximum atomic E-state index is 14.1. The smallest absolute Gasteiger partial charge is 0.317 e. The Morgan fingerprint density at radius 2 is 1.61 bits per heavy atom. The van der Waals surface area contributed by atoms with E-state index < -0.39 is 30.0 Å². The number of aliphatic carboxylic acids is 1. The second-order valence-electron chi connectivity index (χ2n) is 15.0. The molecular formula is C42H65N7O8. The van der Waals surface area contributed by atoms with Gasteiger partial charge in [0.15, 0.2) is 0 Å². The molecule has 2 heterocycles. The molecule has 15 nitrogen and oxygen atoms in total. The summed E-state index contributed by atoms with van der Waals surface area (Å²) in [6, 6.07) is 17.1. The minimum absolute atomic E-state index is 0.0634. The van der Waals surface area contributed by atoms with Gasteiger partial charge in [0.2, 0.25) is 24.1 Å². The summed E-state index contributed by atoms with van der Waals surface area (Å²) in [6.07, 6.45) is 4.17. The molecule has 4 rings (SSSR count). The number of ether oxygens (including phenoxy) is 2. The van der Waals surface area contributed by atoms with Gasteiger partial charge in [-0.15, -0.1) is 0 Å². The largest absolute Gasteiger partial charge is 0.480 e. The summed E-state index contributed by atoms with van der Waals surface area (Å²) in [4.78, 5) is 68.9. The first kappa shape index (κ1) is 47.0. The van der Waals surface area contributed by atoms with Crippen molar-refractivity contribution in [3.05, 3.63) is 71.8 Å². The summed E-state index contributed by atoms with van der Waals surface area (Å²) in [6.45, 7) is 9.53. The van der Waals surface area contributed by atoms with Gasteiger partial charge in [-0.05, 0) is 65.0 Å². The fourth-order valence-electron chi connectivity index (χ4n) is 7.42. The van der Waals surface area contributed by atoms with Crippen molar-refractivity contribution in [3.8, 4) is 0 Å². The molecule has 6 atom stereocenters. The molecule has 0 saturated carbocycles. The van der Waals surface area contributed by atoms with Gasteiger partial charge in [-0.25, -0.2) is 0 Å². The molecule has 5 unspecified atom stereocenters. The number of amides is 4. The lowest BCUT2D eigenvalue weighted by atomic mass is 9.85. The van der Waals surface area contributed by atoms with Crippen LogP contribution in [0.2, 0.25) is 0 Å². The van der Waals surface area contributed by atoms with Crippen molar-refractivity contribution in [2.24, 2.45) is 5.73 Å². The third kappa shape index (κ3) is 16.5. The average molecular weight is 796 g/mol. The standard InChI is InChI=1S/C35H57N7O8.C7H8/c1-25(38-34(47)30(39-32(44)20-36)18-27-9-5-4-6-10-27)17-26(2)41(24-43)31(11-7-8-12-37-13-14-50-16-15-49-3)35(48)42-28-19-29(42)22-40(21-28)23-33(45)46;1-7-5-3-2-4-6-7/h4-6,9-10,24-26,28-31,37H,7-8,11-23,36H2,1-3H3,(H,38,47)(H,39,44)(H,45,46);2-6H,1H3/t25-,26?,28?,29?,30?,31?;/m0./s1. The maximum Gasteiger partial charge on any atom is 0.317 e. The van der Waals surface area contributed by atoms with E-state index in [0.717, 1.165) is 31.4 Å². The molecule has 2 bridgehead atoms. The van der Waals surface area contributed by atoms with E-state index in [4.69, 9.17) is 15.2 Å². The van der Waals surface area contributed by atoms with Crippen LogP contribution in [-0.2, 0) is 39.9 Å².